The maximum absolute atomic E-state index is 11.1. The van der Waals surface area contributed by atoms with Crippen LogP contribution in [0.2, 0.25) is 0 Å². The van der Waals surface area contributed by atoms with E-state index < -0.39 is 0 Å². The van der Waals surface area contributed by atoms with Gasteiger partial charge in [-0.05, 0) is 41.6 Å². The standard InChI is InChI=1S/C9H6BrIO2/c1-5(13)7-2-6(4-12)8(10)3-9(7)11/h2-4H,1H3. The summed E-state index contributed by atoms with van der Waals surface area (Å²) in [6.45, 7) is 1.49. The summed E-state index contributed by atoms with van der Waals surface area (Å²) in [5.41, 5.74) is 1.09. The molecule has 1 rings (SSSR count). The lowest BCUT2D eigenvalue weighted by molar-refractivity contribution is 0.101. The van der Waals surface area contributed by atoms with E-state index in [2.05, 4.69) is 38.5 Å². The molecule has 0 fully saturated rings. The predicted molar refractivity (Wildman–Crippen MR) is 62.3 cm³/mol. The van der Waals surface area contributed by atoms with Gasteiger partial charge in [0.1, 0.15) is 0 Å². The molecular weight excluding hydrogens is 347 g/mol. The van der Waals surface area contributed by atoms with Crippen LogP contribution in [-0.2, 0) is 0 Å². The van der Waals surface area contributed by atoms with Crippen molar-refractivity contribution < 1.29 is 9.59 Å². The number of hydrogen-bond donors (Lipinski definition) is 0. The van der Waals surface area contributed by atoms with Gasteiger partial charge in [0.2, 0.25) is 0 Å². The fourth-order valence-corrected chi connectivity index (χ4v) is 2.64. The van der Waals surface area contributed by atoms with Gasteiger partial charge in [-0.1, -0.05) is 15.9 Å². The highest BCUT2D eigenvalue weighted by Gasteiger charge is 2.09. The Balaban J connectivity index is 3.38. The van der Waals surface area contributed by atoms with Gasteiger partial charge in [-0.15, -0.1) is 0 Å². The summed E-state index contributed by atoms with van der Waals surface area (Å²) in [5.74, 6) is -0.0278. The van der Waals surface area contributed by atoms with E-state index in [1.165, 1.54) is 6.92 Å². The Hall–Kier alpha value is -0.230. The third kappa shape index (κ3) is 2.37. The summed E-state index contributed by atoms with van der Waals surface area (Å²) in [5, 5.41) is 0. The van der Waals surface area contributed by atoms with Gasteiger partial charge in [-0.25, -0.2) is 0 Å². The second kappa shape index (κ2) is 4.32. The Morgan fingerprint density at radius 3 is 2.62 bits per heavy atom. The maximum atomic E-state index is 11.1. The number of Topliss-reactive ketones (excluding diaryl/α,β-unsaturated/α-hetero) is 1. The van der Waals surface area contributed by atoms with Gasteiger partial charge in [0.15, 0.2) is 12.1 Å². The van der Waals surface area contributed by atoms with Gasteiger partial charge >= 0.3 is 0 Å². The van der Waals surface area contributed by atoms with Crippen molar-refractivity contribution in [2.24, 2.45) is 0 Å². The number of halogens is 2. The van der Waals surface area contributed by atoms with Crippen LogP contribution in [0, 0.1) is 3.57 Å². The number of benzene rings is 1. The van der Waals surface area contributed by atoms with E-state index in [1.54, 1.807) is 12.1 Å². The molecular formula is C9H6BrIO2. The molecule has 1 aromatic carbocycles. The molecule has 0 bridgehead atoms. The SMILES string of the molecule is CC(=O)c1cc(C=O)c(Br)cc1I. The van der Waals surface area contributed by atoms with E-state index in [9.17, 15) is 9.59 Å². The molecule has 4 heteroatoms. The van der Waals surface area contributed by atoms with Crippen LogP contribution in [0.15, 0.2) is 16.6 Å². The minimum atomic E-state index is -0.0278. The molecule has 0 amide bonds. The van der Waals surface area contributed by atoms with E-state index in [0.29, 0.717) is 11.1 Å². The highest BCUT2D eigenvalue weighted by atomic mass is 127. The first-order chi connectivity index (χ1) is 6.06. The van der Waals surface area contributed by atoms with Gasteiger partial charge in [-0.2, -0.15) is 0 Å². The third-order valence-corrected chi connectivity index (χ3v) is 3.17. The summed E-state index contributed by atoms with van der Waals surface area (Å²) in [6.07, 6.45) is 0.729. The van der Waals surface area contributed by atoms with Gasteiger partial charge in [0.05, 0.1) is 0 Å². The average molecular weight is 353 g/mol. The summed E-state index contributed by atoms with van der Waals surface area (Å²) in [6, 6.07) is 3.36. The molecule has 68 valence electrons. The van der Waals surface area contributed by atoms with Crippen LogP contribution in [0.5, 0.6) is 0 Å². The van der Waals surface area contributed by atoms with Gasteiger partial charge in [-0.3, -0.25) is 9.59 Å². The summed E-state index contributed by atoms with van der Waals surface area (Å²) < 4.78 is 1.57. The summed E-state index contributed by atoms with van der Waals surface area (Å²) >= 11 is 5.31. The maximum Gasteiger partial charge on any atom is 0.160 e. The second-order valence-electron chi connectivity index (χ2n) is 2.53. The monoisotopic (exact) mass is 352 g/mol. The predicted octanol–water partition coefficient (Wildman–Crippen LogP) is 3.07. The number of aldehydes is 1. The van der Waals surface area contributed by atoms with Crippen molar-refractivity contribution in [1.29, 1.82) is 0 Å². The Labute approximate surface area is 98.0 Å². The van der Waals surface area contributed by atoms with Crippen molar-refractivity contribution in [3.63, 3.8) is 0 Å². The molecule has 0 saturated carbocycles. The molecule has 0 heterocycles. The van der Waals surface area contributed by atoms with Crippen LogP contribution in [0.4, 0.5) is 0 Å². The number of ketones is 1. The number of carbonyl (C=O) groups is 2. The van der Waals surface area contributed by atoms with Crippen LogP contribution in [0.1, 0.15) is 27.6 Å². The van der Waals surface area contributed by atoms with Crippen LogP contribution in [0.25, 0.3) is 0 Å². The zero-order chi connectivity index (χ0) is 10.0. The Kier molecular flexibility index (Phi) is 3.61. The largest absolute Gasteiger partial charge is 0.298 e. The van der Waals surface area contributed by atoms with Crippen molar-refractivity contribution >= 4 is 50.6 Å². The first-order valence-corrected chi connectivity index (χ1v) is 5.38. The Morgan fingerprint density at radius 2 is 2.15 bits per heavy atom. The molecule has 0 N–H and O–H groups in total. The number of rotatable bonds is 2. The van der Waals surface area contributed by atoms with Crippen LogP contribution >= 0.6 is 38.5 Å². The molecule has 13 heavy (non-hydrogen) atoms. The lowest BCUT2D eigenvalue weighted by Gasteiger charge is -2.03. The van der Waals surface area contributed by atoms with Crippen LogP contribution in [0.3, 0.4) is 0 Å². The molecule has 0 spiro atoms. The first kappa shape index (κ1) is 10.8. The summed E-state index contributed by atoms with van der Waals surface area (Å²) in [7, 11) is 0. The van der Waals surface area contributed by atoms with Crippen molar-refractivity contribution in [1.82, 2.24) is 0 Å². The van der Waals surface area contributed by atoms with E-state index in [0.717, 1.165) is 14.3 Å². The average Bonchev–Trinajstić information content (AvgIpc) is 2.03. The molecule has 0 unspecified atom stereocenters. The quantitative estimate of drug-likeness (QED) is 0.465. The second-order valence-corrected chi connectivity index (χ2v) is 4.54. The zero-order valence-corrected chi connectivity index (χ0v) is 10.5. The lowest BCUT2D eigenvalue weighted by Crippen LogP contribution is -1.98. The molecule has 0 radical (unpaired) electrons. The fraction of sp³-hybridized carbons (Fsp3) is 0.111. The smallest absolute Gasteiger partial charge is 0.160 e. The highest BCUT2D eigenvalue weighted by molar-refractivity contribution is 14.1. The number of carbonyl (C=O) groups excluding carboxylic acids is 2. The normalized spacial score (nSPS) is 9.77. The Bertz CT molecular complexity index is 374. The minimum absolute atomic E-state index is 0.0278. The van der Waals surface area contributed by atoms with Gasteiger partial charge in [0.25, 0.3) is 0 Å². The van der Waals surface area contributed by atoms with Gasteiger partial charge in [0, 0.05) is 19.2 Å². The van der Waals surface area contributed by atoms with Crippen molar-refractivity contribution in [2.75, 3.05) is 0 Å². The molecule has 0 aliphatic heterocycles. The lowest BCUT2D eigenvalue weighted by atomic mass is 10.1. The van der Waals surface area contributed by atoms with Crippen LogP contribution < -0.4 is 0 Å². The molecule has 0 saturated heterocycles. The minimum Gasteiger partial charge on any atom is -0.298 e. The highest BCUT2D eigenvalue weighted by Crippen LogP contribution is 2.22. The number of hydrogen-bond acceptors (Lipinski definition) is 2. The topological polar surface area (TPSA) is 34.1 Å². The first-order valence-electron chi connectivity index (χ1n) is 3.51. The molecule has 0 aliphatic carbocycles. The van der Waals surface area contributed by atoms with Crippen molar-refractivity contribution in [3.8, 4) is 0 Å². The molecule has 0 aliphatic rings. The fourth-order valence-electron chi connectivity index (χ4n) is 0.926. The van der Waals surface area contributed by atoms with Gasteiger partial charge < -0.3 is 0 Å². The Morgan fingerprint density at radius 1 is 1.54 bits per heavy atom. The van der Waals surface area contributed by atoms with E-state index >= 15 is 0 Å². The molecule has 2 nitrogen and oxygen atoms in total. The summed E-state index contributed by atoms with van der Waals surface area (Å²) in [4.78, 5) is 21.7. The van der Waals surface area contributed by atoms with E-state index in [-0.39, 0.29) is 5.78 Å². The molecule has 0 atom stereocenters. The van der Waals surface area contributed by atoms with Crippen LogP contribution in [-0.4, -0.2) is 12.1 Å². The molecule has 0 aromatic heterocycles. The van der Waals surface area contributed by atoms with Crippen molar-refractivity contribution in [2.45, 2.75) is 6.92 Å². The van der Waals surface area contributed by atoms with Crippen molar-refractivity contribution in [3.05, 3.63) is 31.3 Å². The third-order valence-electron chi connectivity index (χ3n) is 1.59. The van der Waals surface area contributed by atoms with E-state index in [1.807, 2.05) is 0 Å². The van der Waals surface area contributed by atoms with E-state index in [4.69, 9.17) is 0 Å². The zero-order valence-electron chi connectivity index (χ0n) is 6.80. The molecule has 1 aromatic rings.